The van der Waals surface area contributed by atoms with Crippen molar-refractivity contribution in [2.45, 2.75) is 113 Å². The van der Waals surface area contributed by atoms with E-state index >= 15 is 0 Å². The van der Waals surface area contributed by atoms with E-state index in [2.05, 4.69) is 42.2 Å². The van der Waals surface area contributed by atoms with Crippen molar-refractivity contribution in [3.8, 4) is 0 Å². The number of carbonyl (C=O) groups is 10. The lowest BCUT2D eigenvalue weighted by Crippen LogP contribution is -2.59. The molecule has 15 N–H and O–H groups in total. The fraction of sp³-hybridized carbons (Fsp3) is 0.694. The third kappa shape index (κ3) is 14.8. The molecule has 3 heterocycles. The molecule has 8 amide bonds. The Labute approximate surface area is 355 Å². The van der Waals surface area contributed by atoms with Crippen LogP contribution in [0.2, 0.25) is 0 Å². The predicted molar refractivity (Wildman–Crippen MR) is 213 cm³/mol. The van der Waals surface area contributed by atoms with Crippen molar-refractivity contribution in [3.63, 3.8) is 0 Å². The SMILES string of the molecule is C[C@H](NC(=O)[C@@H]1CCCN1)C(=O)N[C@@H](CO)C(=O)N[C@@H](CCCN=C(N)N)C(=O)NCC(=O)N[C@@H](CC(=O)O)C(=O)N[C@@H](CO)C(=O)N1CCC[C@H]1C(=O)N1CCC[C@H]1C(=O)O. The molecule has 0 aromatic rings. The number of carboxylic acid groups (broad SMARTS) is 2. The summed E-state index contributed by atoms with van der Waals surface area (Å²) in [4.78, 5) is 134. The molecule has 0 radical (unpaired) electrons. The summed E-state index contributed by atoms with van der Waals surface area (Å²) >= 11 is 0. The van der Waals surface area contributed by atoms with Gasteiger partial charge in [0.1, 0.15) is 42.3 Å². The lowest BCUT2D eigenvalue weighted by atomic mass is 10.1. The molecule has 3 aliphatic rings. The van der Waals surface area contributed by atoms with Gasteiger partial charge in [0.15, 0.2) is 5.96 Å². The molecule has 26 nitrogen and oxygen atoms in total. The molecule has 3 aliphatic heterocycles. The highest BCUT2D eigenvalue weighted by atomic mass is 16.4. The number of rotatable bonds is 23. The molecule has 0 spiro atoms. The van der Waals surface area contributed by atoms with Crippen LogP contribution in [-0.2, 0) is 47.9 Å². The summed E-state index contributed by atoms with van der Waals surface area (Å²) < 4.78 is 0. The second-order valence-electron chi connectivity index (χ2n) is 15.0. The number of likely N-dealkylation sites (tertiary alicyclic amines) is 2. The molecule has 0 aromatic heterocycles. The van der Waals surface area contributed by atoms with Crippen molar-refractivity contribution < 1.29 is 68.4 Å². The Morgan fingerprint density at radius 1 is 0.726 bits per heavy atom. The van der Waals surface area contributed by atoms with Gasteiger partial charge in [0.2, 0.25) is 47.3 Å². The van der Waals surface area contributed by atoms with Crippen LogP contribution in [0, 0.1) is 0 Å². The molecule has 8 atom stereocenters. The lowest BCUT2D eigenvalue weighted by molar-refractivity contribution is -0.152. The highest BCUT2D eigenvalue weighted by Gasteiger charge is 2.44. The van der Waals surface area contributed by atoms with Crippen molar-refractivity contribution in [1.82, 2.24) is 47.0 Å². The molecule has 0 saturated carbocycles. The van der Waals surface area contributed by atoms with Gasteiger partial charge in [0.25, 0.3) is 0 Å². The van der Waals surface area contributed by atoms with Crippen LogP contribution in [-0.4, -0.2) is 190 Å². The van der Waals surface area contributed by atoms with Gasteiger partial charge in [-0.1, -0.05) is 0 Å². The van der Waals surface area contributed by atoms with E-state index in [-0.39, 0.29) is 51.3 Å². The second-order valence-corrected chi connectivity index (χ2v) is 15.0. The smallest absolute Gasteiger partial charge is 0.326 e. The number of carboxylic acids is 2. The van der Waals surface area contributed by atoms with Gasteiger partial charge in [-0.2, -0.15) is 0 Å². The standard InChI is InChI=1S/C36H58N12O14/c1-18(42-30(56)19-6-2-10-39-19)28(54)45-22(16-49)32(58)44-20(7-3-11-40-36(37)38)29(55)41-15-26(51)43-21(14-27(52)53)31(57)46-23(17-50)33(59)47-12-4-8-24(47)34(60)48-13-5-9-25(48)35(61)62/h18-25,39,49-50H,2-17H2,1H3,(H,41,55)(H,42,56)(H,43,51)(H,44,58)(H,45,54)(H,46,57)(H,52,53)(H,61,62)(H4,37,38,40)/t18-,19-,20-,21-,22-,23-,24-,25-/m0/s1. The number of nitrogens with zero attached hydrogens (tertiary/aromatic N) is 3. The van der Waals surface area contributed by atoms with E-state index in [1.165, 1.54) is 11.8 Å². The maximum atomic E-state index is 13.5. The molecule has 3 saturated heterocycles. The van der Waals surface area contributed by atoms with Gasteiger partial charge in [-0.05, 0) is 64.8 Å². The third-order valence-corrected chi connectivity index (χ3v) is 10.4. The van der Waals surface area contributed by atoms with E-state index < -0.39 is 134 Å². The number of carbonyl (C=O) groups excluding carboxylic acids is 8. The van der Waals surface area contributed by atoms with E-state index in [9.17, 15) is 68.4 Å². The number of nitrogens with two attached hydrogens (primary N) is 2. The van der Waals surface area contributed by atoms with Crippen molar-refractivity contribution in [2.24, 2.45) is 16.5 Å². The van der Waals surface area contributed by atoms with E-state index in [0.717, 1.165) is 11.3 Å². The minimum absolute atomic E-state index is 0.0113. The molecule has 0 bridgehead atoms. The summed E-state index contributed by atoms with van der Waals surface area (Å²) in [5.41, 5.74) is 10.7. The summed E-state index contributed by atoms with van der Waals surface area (Å²) in [6, 6.07) is -10.3. The molecule has 62 heavy (non-hydrogen) atoms. The molecule has 26 heteroatoms. The zero-order chi connectivity index (χ0) is 46.1. The van der Waals surface area contributed by atoms with Gasteiger partial charge < -0.3 is 78.9 Å². The Morgan fingerprint density at radius 3 is 1.94 bits per heavy atom. The van der Waals surface area contributed by atoms with Gasteiger partial charge in [-0.3, -0.25) is 48.1 Å². The number of aliphatic carboxylic acids is 2. The van der Waals surface area contributed by atoms with Crippen molar-refractivity contribution in [1.29, 1.82) is 0 Å². The fourth-order valence-corrected chi connectivity index (χ4v) is 7.17. The number of amides is 8. The Balaban J connectivity index is 1.63. The molecule has 3 fully saturated rings. The summed E-state index contributed by atoms with van der Waals surface area (Å²) in [5.74, 6) is -10.0. The minimum Gasteiger partial charge on any atom is -0.481 e. The maximum absolute atomic E-state index is 13.5. The maximum Gasteiger partial charge on any atom is 0.326 e. The number of hydrogen-bond acceptors (Lipinski definition) is 14. The van der Waals surface area contributed by atoms with Gasteiger partial charge >= 0.3 is 11.9 Å². The summed E-state index contributed by atoms with van der Waals surface area (Å²) in [5, 5.41) is 55.8. The van der Waals surface area contributed by atoms with Gasteiger partial charge in [-0.25, -0.2) is 4.79 Å². The molecule has 346 valence electrons. The van der Waals surface area contributed by atoms with Crippen molar-refractivity contribution in [2.75, 3.05) is 45.9 Å². The number of aliphatic imine (C=N–C) groups is 1. The molecule has 0 unspecified atom stereocenters. The topological polar surface area (TPSA) is 407 Å². The third-order valence-electron chi connectivity index (χ3n) is 10.4. The van der Waals surface area contributed by atoms with E-state index in [4.69, 9.17) is 11.5 Å². The first-order chi connectivity index (χ1) is 29.4. The van der Waals surface area contributed by atoms with Crippen LogP contribution in [0.3, 0.4) is 0 Å². The number of nitrogens with one attached hydrogen (secondary N) is 7. The average Bonchev–Trinajstić information content (AvgIpc) is 4.04. The predicted octanol–water partition coefficient (Wildman–Crippen LogP) is -7.12. The van der Waals surface area contributed by atoms with Crippen molar-refractivity contribution >= 4 is 65.2 Å². The van der Waals surface area contributed by atoms with E-state index in [1.807, 2.05) is 0 Å². The zero-order valence-electron chi connectivity index (χ0n) is 34.3. The molecular weight excluding hydrogens is 824 g/mol. The lowest BCUT2D eigenvalue weighted by Gasteiger charge is -2.32. The minimum atomic E-state index is -1.85. The number of aliphatic hydroxyl groups is 2. The van der Waals surface area contributed by atoms with Crippen LogP contribution in [0.15, 0.2) is 4.99 Å². The van der Waals surface area contributed by atoms with Crippen LogP contribution < -0.4 is 48.7 Å². The normalized spacial score (nSPS) is 20.7. The van der Waals surface area contributed by atoms with Crippen LogP contribution >= 0.6 is 0 Å². The highest BCUT2D eigenvalue weighted by Crippen LogP contribution is 2.25. The first kappa shape index (κ1) is 50.2. The molecule has 0 aromatic carbocycles. The van der Waals surface area contributed by atoms with Gasteiger partial charge in [0.05, 0.1) is 32.2 Å². The Kier molecular flexibility index (Phi) is 19.7. The van der Waals surface area contributed by atoms with Gasteiger partial charge in [0, 0.05) is 19.6 Å². The fourth-order valence-electron chi connectivity index (χ4n) is 7.17. The van der Waals surface area contributed by atoms with Crippen LogP contribution in [0.4, 0.5) is 0 Å². The molecular formula is C36H58N12O14. The quantitative estimate of drug-likeness (QED) is 0.0258. The first-order valence-corrected chi connectivity index (χ1v) is 20.2. The molecule has 0 aliphatic carbocycles. The van der Waals surface area contributed by atoms with Crippen LogP contribution in [0.1, 0.15) is 64.7 Å². The first-order valence-electron chi connectivity index (χ1n) is 20.2. The average molecular weight is 883 g/mol. The largest absolute Gasteiger partial charge is 0.481 e. The summed E-state index contributed by atoms with van der Waals surface area (Å²) in [6.07, 6.45) is 1.57. The highest BCUT2D eigenvalue weighted by molar-refractivity contribution is 5.98. The number of guanidine groups is 1. The number of aliphatic hydroxyl groups excluding tert-OH is 2. The van der Waals surface area contributed by atoms with Gasteiger partial charge in [-0.15, -0.1) is 0 Å². The van der Waals surface area contributed by atoms with Crippen molar-refractivity contribution in [3.05, 3.63) is 0 Å². The van der Waals surface area contributed by atoms with Crippen LogP contribution in [0.25, 0.3) is 0 Å². The zero-order valence-corrected chi connectivity index (χ0v) is 34.3. The summed E-state index contributed by atoms with van der Waals surface area (Å²) in [6.45, 7) is -0.529. The Hall–Kier alpha value is -6.15. The Bertz CT molecular complexity index is 1710. The monoisotopic (exact) mass is 882 g/mol. The second kappa shape index (κ2) is 24.3. The van der Waals surface area contributed by atoms with E-state index in [1.54, 1.807) is 0 Å². The van der Waals surface area contributed by atoms with E-state index in [0.29, 0.717) is 25.8 Å². The number of hydrogen-bond donors (Lipinski definition) is 13. The van der Waals surface area contributed by atoms with Crippen LogP contribution in [0.5, 0.6) is 0 Å². The summed E-state index contributed by atoms with van der Waals surface area (Å²) in [7, 11) is 0. The molecule has 3 rings (SSSR count). The Morgan fingerprint density at radius 2 is 1.34 bits per heavy atom.